The van der Waals surface area contributed by atoms with Crippen molar-refractivity contribution in [1.29, 1.82) is 0 Å². The second-order valence-electron chi connectivity index (χ2n) is 6.26. The van der Waals surface area contributed by atoms with E-state index in [4.69, 9.17) is 23.8 Å². The van der Waals surface area contributed by atoms with E-state index in [-0.39, 0.29) is 5.69 Å². The van der Waals surface area contributed by atoms with Gasteiger partial charge >= 0.3 is 0 Å². The summed E-state index contributed by atoms with van der Waals surface area (Å²) in [4.78, 5) is 12.5. The first-order chi connectivity index (χ1) is 12.9. The van der Waals surface area contributed by atoms with Crippen molar-refractivity contribution in [2.75, 3.05) is 7.05 Å². The number of hydrogen-bond acceptors (Lipinski definition) is 5. The Hall–Kier alpha value is -2.55. The monoisotopic (exact) mass is 403 g/mol. The summed E-state index contributed by atoms with van der Waals surface area (Å²) in [5.41, 5.74) is 2.78. The lowest BCUT2D eigenvalue weighted by atomic mass is 10.2. The molecule has 0 spiro atoms. The Morgan fingerprint density at radius 1 is 1.30 bits per heavy atom. The molecule has 0 atom stereocenters. The molecule has 0 aliphatic heterocycles. The minimum atomic E-state index is -0.431. The Bertz CT molecular complexity index is 1050. The molecule has 0 aliphatic rings. The number of aryl methyl sites for hydroxylation is 1. The highest BCUT2D eigenvalue weighted by Gasteiger charge is 2.13. The van der Waals surface area contributed by atoms with Crippen molar-refractivity contribution in [2.45, 2.75) is 20.1 Å². The van der Waals surface area contributed by atoms with Crippen LogP contribution in [0.4, 0.5) is 5.69 Å². The van der Waals surface area contributed by atoms with Crippen molar-refractivity contribution in [2.24, 2.45) is 0 Å². The van der Waals surface area contributed by atoms with Crippen LogP contribution in [-0.4, -0.2) is 31.2 Å². The number of hydrogen-bond donors (Lipinski definition) is 0. The molecule has 1 aromatic heterocycles. The van der Waals surface area contributed by atoms with Gasteiger partial charge in [0.25, 0.3) is 5.69 Å². The summed E-state index contributed by atoms with van der Waals surface area (Å²) in [5, 5.41) is 15.8. The van der Waals surface area contributed by atoms with E-state index in [2.05, 4.69) is 5.10 Å². The van der Waals surface area contributed by atoms with Crippen molar-refractivity contribution < 1.29 is 4.92 Å². The first-order valence-corrected chi connectivity index (χ1v) is 8.97. The zero-order valence-corrected chi connectivity index (χ0v) is 16.4. The molecular formula is C18H18ClN5O2S. The first-order valence-electron chi connectivity index (χ1n) is 8.18. The number of nitro benzene ring substituents is 1. The molecule has 2 aromatic carbocycles. The molecule has 0 N–H and O–H groups in total. The number of non-ortho nitro benzene ring substituents is 1. The maximum Gasteiger partial charge on any atom is 0.269 e. The molecule has 0 saturated heterocycles. The van der Waals surface area contributed by atoms with Gasteiger partial charge in [-0.25, -0.2) is 4.68 Å². The molecule has 0 fully saturated rings. The van der Waals surface area contributed by atoms with E-state index >= 15 is 0 Å². The van der Waals surface area contributed by atoms with Crippen LogP contribution in [-0.2, 0) is 13.2 Å². The van der Waals surface area contributed by atoms with E-state index in [1.54, 1.807) is 17.1 Å². The van der Waals surface area contributed by atoms with Gasteiger partial charge in [0, 0.05) is 23.7 Å². The molecule has 0 unspecified atom stereocenters. The average molecular weight is 404 g/mol. The fourth-order valence-electron chi connectivity index (χ4n) is 2.80. The molecule has 1 heterocycles. The predicted octanol–water partition coefficient (Wildman–Crippen LogP) is 4.36. The third-order valence-corrected chi connectivity index (χ3v) is 4.94. The van der Waals surface area contributed by atoms with Crippen LogP contribution in [0.15, 0.2) is 48.8 Å². The van der Waals surface area contributed by atoms with Crippen molar-refractivity contribution in [1.82, 2.24) is 19.2 Å². The zero-order chi connectivity index (χ0) is 19.6. The van der Waals surface area contributed by atoms with E-state index in [9.17, 15) is 10.1 Å². The molecule has 9 heteroatoms. The summed E-state index contributed by atoms with van der Waals surface area (Å²) in [5.74, 6) is 0. The van der Waals surface area contributed by atoms with Crippen LogP contribution in [0.25, 0.3) is 5.69 Å². The Morgan fingerprint density at radius 2 is 2.04 bits per heavy atom. The molecular weight excluding hydrogens is 386 g/mol. The van der Waals surface area contributed by atoms with Gasteiger partial charge in [-0.05, 0) is 49.4 Å². The zero-order valence-electron chi connectivity index (χ0n) is 14.9. The summed E-state index contributed by atoms with van der Waals surface area (Å²) in [6, 6.07) is 12.4. The van der Waals surface area contributed by atoms with Gasteiger partial charge in [0.2, 0.25) is 4.77 Å². The number of nitrogens with zero attached hydrogens (tertiary/aromatic N) is 5. The molecule has 0 aliphatic carbocycles. The molecule has 3 rings (SSSR count). The summed E-state index contributed by atoms with van der Waals surface area (Å²) >= 11 is 11.7. The van der Waals surface area contributed by atoms with Crippen LogP contribution in [0.3, 0.4) is 0 Å². The lowest BCUT2D eigenvalue weighted by Gasteiger charge is -2.17. The van der Waals surface area contributed by atoms with Gasteiger partial charge in [-0.1, -0.05) is 29.8 Å². The lowest BCUT2D eigenvalue weighted by Crippen LogP contribution is -2.23. The quantitative estimate of drug-likeness (QED) is 0.347. The highest BCUT2D eigenvalue weighted by Crippen LogP contribution is 2.23. The van der Waals surface area contributed by atoms with Crippen molar-refractivity contribution in [3.8, 4) is 5.69 Å². The van der Waals surface area contributed by atoms with Gasteiger partial charge in [0.05, 0.1) is 17.3 Å². The van der Waals surface area contributed by atoms with E-state index in [1.807, 2.05) is 47.7 Å². The van der Waals surface area contributed by atoms with Crippen LogP contribution in [0.1, 0.15) is 11.1 Å². The molecule has 0 radical (unpaired) electrons. The van der Waals surface area contributed by atoms with Gasteiger partial charge in [-0.3, -0.25) is 19.6 Å². The van der Waals surface area contributed by atoms with Crippen molar-refractivity contribution >= 4 is 29.5 Å². The van der Waals surface area contributed by atoms with Crippen LogP contribution in [0.5, 0.6) is 0 Å². The molecule has 0 amide bonds. The topological polar surface area (TPSA) is 69.1 Å². The maximum absolute atomic E-state index is 11.0. The third kappa shape index (κ3) is 4.24. The number of nitro groups is 1. The SMILES string of the molecule is Cc1ccccc1-n1cnn(CN(C)Cc2cc([N+](=O)[O-])ccc2Cl)c1=S. The van der Waals surface area contributed by atoms with Crippen LogP contribution >= 0.6 is 23.8 Å². The van der Waals surface area contributed by atoms with Gasteiger partial charge in [-0.15, -0.1) is 0 Å². The van der Waals surface area contributed by atoms with Crippen LogP contribution in [0.2, 0.25) is 5.02 Å². The molecule has 7 nitrogen and oxygen atoms in total. The maximum atomic E-state index is 11.0. The van der Waals surface area contributed by atoms with Crippen LogP contribution in [0, 0.1) is 21.8 Å². The number of para-hydroxylation sites is 1. The predicted molar refractivity (Wildman–Crippen MR) is 107 cm³/mol. The largest absolute Gasteiger partial charge is 0.283 e. The smallest absolute Gasteiger partial charge is 0.269 e. The summed E-state index contributed by atoms with van der Waals surface area (Å²) in [6.07, 6.45) is 1.69. The van der Waals surface area contributed by atoms with Gasteiger partial charge < -0.3 is 0 Å². The average Bonchev–Trinajstić information content (AvgIpc) is 2.97. The molecule has 140 valence electrons. The Kier molecular flexibility index (Phi) is 5.69. The minimum Gasteiger partial charge on any atom is -0.283 e. The minimum absolute atomic E-state index is 0.0169. The summed E-state index contributed by atoms with van der Waals surface area (Å²) < 4.78 is 4.13. The van der Waals surface area contributed by atoms with Gasteiger partial charge in [-0.2, -0.15) is 5.10 Å². The fourth-order valence-corrected chi connectivity index (χ4v) is 3.23. The summed E-state index contributed by atoms with van der Waals surface area (Å²) in [7, 11) is 1.88. The second kappa shape index (κ2) is 7.99. The van der Waals surface area contributed by atoms with E-state index in [0.29, 0.717) is 28.6 Å². The van der Waals surface area contributed by atoms with Gasteiger partial charge in [0.1, 0.15) is 6.33 Å². The Labute approximate surface area is 166 Å². The first kappa shape index (κ1) is 19.2. The van der Waals surface area contributed by atoms with Crippen molar-refractivity contribution in [3.63, 3.8) is 0 Å². The fraction of sp³-hybridized carbons (Fsp3) is 0.222. The normalized spacial score (nSPS) is 11.1. The molecule has 3 aromatic rings. The highest BCUT2D eigenvalue weighted by atomic mass is 35.5. The van der Waals surface area contributed by atoms with E-state index < -0.39 is 4.92 Å². The third-order valence-electron chi connectivity index (χ3n) is 4.16. The Balaban J connectivity index is 1.79. The highest BCUT2D eigenvalue weighted by molar-refractivity contribution is 7.71. The van der Waals surface area contributed by atoms with E-state index in [0.717, 1.165) is 11.3 Å². The molecule has 0 saturated carbocycles. The number of halogens is 1. The molecule has 0 bridgehead atoms. The number of aromatic nitrogens is 3. The van der Waals surface area contributed by atoms with E-state index in [1.165, 1.54) is 12.1 Å². The second-order valence-corrected chi connectivity index (χ2v) is 7.03. The number of benzene rings is 2. The molecule has 27 heavy (non-hydrogen) atoms. The van der Waals surface area contributed by atoms with Crippen LogP contribution < -0.4 is 0 Å². The van der Waals surface area contributed by atoms with Crippen molar-refractivity contribution in [3.05, 3.63) is 79.8 Å². The summed E-state index contributed by atoms with van der Waals surface area (Å²) in [6.45, 7) is 2.88. The number of rotatable bonds is 6. The lowest BCUT2D eigenvalue weighted by molar-refractivity contribution is -0.384. The van der Waals surface area contributed by atoms with Gasteiger partial charge in [0.15, 0.2) is 0 Å². The Morgan fingerprint density at radius 3 is 2.74 bits per heavy atom. The standard InChI is InChI=1S/C18H18ClN5O2S/c1-13-5-3-4-6-17(13)22-11-20-23(18(22)27)12-21(2)10-14-9-15(24(25)26)7-8-16(14)19/h3-9,11H,10,12H2,1-2H3.